The SMILES string of the molecule is CCOC(=O)c1c(NC(=O)Cn2nnc(-c3ccccc3)n2)sc2c1CCC2. The molecule has 0 radical (unpaired) electrons. The molecular weight excluding hydrogens is 378 g/mol. The topological polar surface area (TPSA) is 99.0 Å². The molecule has 2 heterocycles. The normalized spacial score (nSPS) is 12.6. The number of tetrazole rings is 1. The van der Waals surface area contributed by atoms with Gasteiger partial charge in [-0.1, -0.05) is 30.3 Å². The summed E-state index contributed by atoms with van der Waals surface area (Å²) in [6.07, 6.45) is 2.78. The van der Waals surface area contributed by atoms with Gasteiger partial charge in [0.15, 0.2) is 0 Å². The number of hydrogen-bond donors (Lipinski definition) is 1. The van der Waals surface area contributed by atoms with Crippen molar-refractivity contribution in [3.63, 3.8) is 0 Å². The van der Waals surface area contributed by atoms with Crippen LogP contribution in [0.2, 0.25) is 0 Å². The lowest BCUT2D eigenvalue weighted by atomic mass is 10.1. The number of aryl methyl sites for hydroxylation is 1. The van der Waals surface area contributed by atoms with Crippen molar-refractivity contribution in [3.8, 4) is 11.4 Å². The van der Waals surface area contributed by atoms with Crippen molar-refractivity contribution in [2.45, 2.75) is 32.7 Å². The van der Waals surface area contributed by atoms with Gasteiger partial charge in [0.1, 0.15) is 11.5 Å². The van der Waals surface area contributed by atoms with Crippen molar-refractivity contribution in [1.82, 2.24) is 20.2 Å². The van der Waals surface area contributed by atoms with Gasteiger partial charge in [-0.25, -0.2) is 4.79 Å². The molecule has 0 saturated heterocycles. The van der Waals surface area contributed by atoms with Gasteiger partial charge in [-0.05, 0) is 37.0 Å². The predicted octanol–water partition coefficient (Wildman–Crippen LogP) is 2.71. The van der Waals surface area contributed by atoms with Crippen LogP contribution in [0.4, 0.5) is 5.00 Å². The molecule has 0 bridgehead atoms. The van der Waals surface area contributed by atoms with Crippen LogP contribution in [-0.4, -0.2) is 38.7 Å². The average molecular weight is 397 g/mol. The lowest BCUT2D eigenvalue weighted by molar-refractivity contribution is -0.117. The van der Waals surface area contributed by atoms with Crippen LogP contribution in [0.3, 0.4) is 0 Å². The number of aromatic nitrogens is 4. The Bertz CT molecular complexity index is 1010. The Hall–Kier alpha value is -3.07. The van der Waals surface area contributed by atoms with E-state index in [4.69, 9.17) is 4.74 Å². The van der Waals surface area contributed by atoms with Crippen molar-refractivity contribution in [2.24, 2.45) is 0 Å². The van der Waals surface area contributed by atoms with Gasteiger partial charge in [0.25, 0.3) is 0 Å². The molecule has 1 amide bonds. The quantitative estimate of drug-likeness (QED) is 0.642. The third-order valence-electron chi connectivity index (χ3n) is 4.42. The second-order valence-electron chi connectivity index (χ2n) is 6.34. The van der Waals surface area contributed by atoms with E-state index in [-0.39, 0.29) is 18.4 Å². The standard InChI is InChI=1S/C19H19N5O3S/c1-2-27-19(26)16-13-9-6-10-14(13)28-18(16)20-15(25)11-24-22-17(21-23-24)12-7-4-3-5-8-12/h3-5,7-8H,2,6,9-11H2,1H3,(H,20,25). The summed E-state index contributed by atoms with van der Waals surface area (Å²) in [5.41, 5.74) is 2.32. The van der Waals surface area contributed by atoms with E-state index in [1.54, 1.807) is 6.92 Å². The largest absolute Gasteiger partial charge is 0.462 e. The molecule has 1 N–H and O–H groups in total. The Balaban J connectivity index is 1.49. The highest BCUT2D eigenvalue weighted by Crippen LogP contribution is 2.39. The number of carbonyl (C=O) groups is 2. The highest BCUT2D eigenvalue weighted by molar-refractivity contribution is 7.17. The van der Waals surface area contributed by atoms with Gasteiger partial charge in [0.05, 0.1) is 12.2 Å². The highest BCUT2D eigenvalue weighted by Gasteiger charge is 2.28. The summed E-state index contributed by atoms with van der Waals surface area (Å²) >= 11 is 1.45. The van der Waals surface area contributed by atoms with Crippen LogP contribution in [0.15, 0.2) is 30.3 Å². The number of carbonyl (C=O) groups excluding carboxylic acids is 2. The number of nitrogens with one attached hydrogen (secondary N) is 1. The smallest absolute Gasteiger partial charge is 0.341 e. The van der Waals surface area contributed by atoms with E-state index < -0.39 is 0 Å². The number of nitrogens with zero attached hydrogens (tertiary/aromatic N) is 4. The number of fused-ring (bicyclic) bond motifs is 1. The maximum Gasteiger partial charge on any atom is 0.341 e. The Kier molecular flexibility index (Phi) is 5.16. The minimum atomic E-state index is -0.387. The number of anilines is 1. The van der Waals surface area contributed by atoms with Crippen LogP contribution in [0, 0.1) is 0 Å². The zero-order valence-electron chi connectivity index (χ0n) is 15.3. The Labute approximate surface area is 165 Å². The van der Waals surface area contributed by atoms with Crippen molar-refractivity contribution >= 4 is 28.2 Å². The second kappa shape index (κ2) is 7.89. The van der Waals surface area contributed by atoms with Crippen LogP contribution in [0.25, 0.3) is 11.4 Å². The van der Waals surface area contributed by atoms with E-state index in [1.807, 2.05) is 30.3 Å². The van der Waals surface area contributed by atoms with Crippen molar-refractivity contribution < 1.29 is 14.3 Å². The Morgan fingerprint density at radius 3 is 2.86 bits per heavy atom. The summed E-state index contributed by atoms with van der Waals surface area (Å²) in [5.74, 6) is -0.249. The van der Waals surface area contributed by atoms with E-state index in [0.717, 1.165) is 35.3 Å². The first-order chi connectivity index (χ1) is 13.7. The number of esters is 1. The molecular formula is C19H19N5O3S. The Morgan fingerprint density at radius 1 is 1.25 bits per heavy atom. The number of amides is 1. The van der Waals surface area contributed by atoms with Crippen LogP contribution in [0.5, 0.6) is 0 Å². The van der Waals surface area contributed by atoms with E-state index in [0.29, 0.717) is 23.0 Å². The maximum absolute atomic E-state index is 12.5. The van der Waals surface area contributed by atoms with Gasteiger partial charge in [-0.15, -0.1) is 21.5 Å². The molecule has 0 fully saturated rings. The van der Waals surface area contributed by atoms with Crippen molar-refractivity contribution in [2.75, 3.05) is 11.9 Å². The summed E-state index contributed by atoms with van der Waals surface area (Å²) in [5, 5.41) is 15.5. The molecule has 9 heteroatoms. The fraction of sp³-hybridized carbons (Fsp3) is 0.316. The lowest BCUT2D eigenvalue weighted by Gasteiger charge is -2.07. The zero-order valence-corrected chi connectivity index (χ0v) is 16.2. The van der Waals surface area contributed by atoms with E-state index in [2.05, 4.69) is 20.7 Å². The van der Waals surface area contributed by atoms with Gasteiger partial charge >= 0.3 is 5.97 Å². The van der Waals surface area contributed by atoms with E-state index in [1.165, 1.54) is 16.1 Å². The third-order valence-corrected chi connectivity index (χ3v) is 5.63. The zero-order chi connectivity index (χ0) is 19.5. The molecule has 144 valence electrons. The number of rotatable bonds is 6. The van der Waals surface area contributed by atoms with Crippen LogP contribution in [0.1, 0.15) is 34.1 Å². The molecule has 0 spiro atoms. The van der Waals surface area contributed by atoms with Gasteiger partial charge in [-0.2, -0.15) is 4.80 Å². The summed E-state index contributed by atoms with van der Waals surface area (Å²) in [6.45, 7) is 1.97. The predicted molar refractivity (Wildman–Crippen MR) is 104 cm³/mol. The molecule has 4 rings (SSSR count). The van der Waals surface area contributed by atoms with Gasteiger partial charge in [-0.3, -0.25) is 4.79 Å². The molecule has 0 aliphatic heterocycles. The fourth-order valence-electron chi connectivity index (χ4n) is 3.22. The van der Waals surface area contributed by atoms with Gasteiger partial charge < -0.3 is 10.1 Å². The van der Waals surface area contributed by atoms with Gasteiger partial charge in [0, 0.05) is 10.4 Å². The number of thiophene rings is 1. The molecule has 8 nitrogen and oxygen atoms in total. The van der Waals surface area contributed by atoms with Crippen LogP contribution >= 0.6 is 11.3 Å². The summed E-state index contributed by atoms with van der Waals surface area (Å²) in [7, 11) is 0. The molecule has 2 aromatic heterocycles. The molecule has 3 aromatic rings. The fourth-order valence-corrected chi connectivity index (χ4v) is 4.51. The molecule has 0 atom stereocenters. The van der Waals surface area contributed by atoms with Crippen molar-refractivity contribution in [3.05, 3.63) is 46.3 Å². The van der Waals surface area contributed by atoms with E-state index >= 15 is 0 Å². The first-order valence-corrected chi connectivity index (χ1v) is 9.92. The minimum Gasteiger partial charge on any atom is -0.462 e. The summed E-state index contributed by atoms with van der Waals surface area (Å²) < 4.78 is 5.18. The maximum atomic E-state index is 12.5. The highest BCUT2D eigenvalue weighted by atomic mass is 32.1. The van der Waals surface area contributed by atoms with Crippen LogP contribution < -0.4 is 5.32 Å². The Morgan fingerprint density at radius 2 is 2.07 bits per heavy atom. The first kappa shape index (κ1) is 18.3. The van der Waals surface area contributed by atoms with Crippen LogP contribution in [-0.2, 0) is 28.9 Å². The minimum absolute atomic E-state index is 0.0926. The van der Waals surface area contributed by atoms with Crippen molar-refractivity contribution in [1.29, 1.82) is 0 Å². The number of hydrogen-bond acceptors (Lipinski definition) is 7. The summed E-state index contributed by atoms with van der Waals surface area (Å²) in [6, 6.07) is 9.42. The number of ether oxygens (including phenoxy) is 1. The number of benzene rings is 1. The third kappa shape index (κ3) is 3.65. The molecule has 0 unspecified atom stereocenters. The second-order valence-corrected chi connectivity index (χ2v) is 7.44. The monoisotopic (exact) mass is 397 g/mol. The van der Waals surface area contributed by atoms with E-state index in [9.17, 15) is 9.59 Å². The molecule has 1 aromatic carbocycles. The van der Waals surface area contributed by atoms with Gasteiger partial charge in [0.2, 0.25) is 11.7 Å². The average Bonchev–Trinajstić information content (AvgIpc) is 3.38. The summed E-state index contributed by atoms with van der Waals surface area (Å²) in [4.78, 5) is 27.3. The lowest BCUT2D eigenvalue weighted by Crippen LogP contribution is -2.21. The molecule has 1 aliphatic carbocycles. The molecule has 28 heavy (non-hydrogen) atoms. The first-order valence-electron chi connectivity index (χ1n) is 9.10. The molecule has 1 aliphatic rings. The molecule has 0 saturated carbocycles.